The number of ether oxygens (including phenoxy) is 1. The molecule has 3 heterocycles. The molecule has 5 rings (SSSR count). The van der Waals surface area contributed by atoms with Crippen molar-refractivity contribution in [2.45, 2.75) is 13.0 Å². The van der Waals surface area contributed by atoms with E-state index in [0.29, 0.717) is 42.8 Å². The molecule has 1 saturated heterocycles. The minimum absolute atomic E-state index is 0.244. The zero-order chi connectivity index (χ0) is 21.9. The summed E-state index contributed by atoms with van der Waals surface area (Å²) in [6.07, 6.45) is 3.30. The molecule has 0 spiro atoms. The van der Waals surface area contributed by atoms with E-state index in [0.717, 1.165) is 22.2 Å². The first-order valence-electron chi connectivity index (χ1n) is 10.4. The molecule has 2 aromatic carbocycles. The molecule has 4 aromatic rings. The highest BCUT2D eigenvalue weighted by atomic mass is 19.1. The molecule has 0 radical (unpaired) electrons. The molecular formula is C23H22FN7O. The van der Waals surface area contributed by atoms with Gasteiger partial charge < -0.3 is 20.7 Å². The van der Waals surface area contributed by atoms with Gasteiger partial charge in [0.25, 0.3) is 0 Å². The number of halogens is 1. The number of nitrogens with one attached hydrogen (secondary N) is 3. The number of anilines is 4. The molecule has 32 heavy (non-hydrogen) atoms. The molecule has 3 N–H and O–H groups in total. The van der Waals surface area contributed by atoms with E-state index in [1.807, 2.05) is 25.1 Å². The minimum Gasteiger partial charge on any atom is -0.378 e. The van der Waals surface area contributed by atoms with E-state index >= 15 is 0 Å². The maximum absolute atomic E-state index is 14.7. The molecule has 1 atom stereocenters. The van der Waals surface area contributed by atoms with Crippen LogP contribution in [0.3, 0.4) is 0 Å². The molecule has 1 aliphatic rings. The standard InChI is InChI=1S/C23H22FN7O/c1-14-4-2-5-15-18(12-27-31-22(14)15)28-20-8-9-26-23(30-20)29-17-7-3-6-16(24)21(17)19-13-32-11-10-25-19/h2-9,12,19,25H,10-11,13H2,1H3,(H2,26,28,29,30,31). The summed E-state index contributed by atoms with van der Waals surface area (Å²) in [5.74, 6) is 0.619. The number of aromatic nitrogens is 4. The molecule has 1 fully saturated rings. The van der Waals surface area contributed by atoms with Crippen molar-refractivity contribution >= 4 is 34.0 Å². The fourth-order valence-electron chi connectivity index (χ4n) is 3.82. The van der Waals surface area contributed by atoms with Crippen LogP contribution < -0.4 is 16.0 Å². The number of benzene rings is 2. The van der Waals surface area contributed by atoms with Crippen LogP contribution >= 0.6 is 0 Å². The van der Waals surface area contributed by atoms with Crippen molar-refractivity contribution in [2.24, 2.45) is 0 Å². The summed E-state index contributed by atoms with van der Waals surface area (Å²) < 4.78 is 20.2. The van der Waals surface area contributed by atoms with Gasteiger partial charge in [0.15, 0.2) is 0 Å². The summed E-state index contributed by atoms with van der Waals surface area (Å²) in [6.45, 7) is 3.68. The highest BCUT2D eigenvalue weighted by Gasteiger charge is 2.22. The molecule has 0 saturated carbocycles. The number of hydrogen-bond acceptors (Lipinski definition) is 8. The van der Waals surface area contributed by atoms with E-state index in [-0.39, 0.29) is 11.9 Å². The third kappa shape index (κ3) is 4.08. The third-order valence-electron chi connectivity index (χ3n) is 5.36. The number of rotatable bonds is 5. The maximum Gasteiger partial charge on any atom is 0.229 e. The molecule has 0 aliphatic carbocycles. The first-order valence-corrected chi connectivity index (χ1v) is 10.4. The summed E-state index contributed by atoms with van der Waals surface area (Å²) >= 11 is 0. The van der Waals surface area contributed by atoms with Crippen LogP contribution in [-0.2, 0) is 4.74 Å². The van der Waals surface area contributed by atoms with Gasteiger partial charge in [-0.15, -0.1) is 0 Å². The average Bonchev–Trinajstić information content (AvgIpc) is 2.81. The second-order valence-electron chi connectivity index (χ2n) is 7.53. The van der Waals surface area contributed by atoms with Gasteiger partial charge in [-0.2, -0.15) is 15.2 Å². The highest BCUT2D eigenvalue weighted by molar-refractivity contribution is 5.93. The monoisotopic (exact) mass is 431 g/mol. The molecule has 0 bridgehead atoms. The van der Waals surface area contributed by atoms with Gasteiger partial charge in [-0.3, -0.25) is 0 Å². The van der Waals surface area contributed by atoms with Crippen molar-refractivity contribution in [3.8, 4) is 0 Å². The number of hydrogen-bond donors (Lipinski definition) is 3. The van der Waals surface area contributed by atoms with Gasteiger partial charge in [-0.1, -0.05) is 24.3 Å². The predicted molar refractivity (Wildman–Crippen MR) is 121 cm³/mol. The Hall–Kier alpha value is -3.69. The van der Waals surface area contributed by atoms with E-state index in [9.17, 15) is 4.39 Å². The number of fused-ring (bicyclic) bond motifs is 1. The Morgan fingerprint density at radius 1 is 1.09 bits per heavy atom. The van der Waals surface area contributed by atoms with E-state index in [1.165, 1.54) is 6.07 Å². The lowest BCUT2D eigenvalue weighted by Crippen LogP contribution is -2.35. The van der Waals surface area contributed by atoms with Crippen LogP contribution in [0.2, 0.25) is 0 Å². The average molecular weight is 431 g/mol. The number of nitrogens with zero attached hydrogens (tertiary/aromatic N) is 4. The number of aryl methyl sites for hydroxylation is 1. The smallest absolute Gasteiger partial charge is 0.229 e. The largest absolute Gasteiger partial charge is 0.378 e. The quantitative estimate of drug-likeness (QED) is 0.436. The first kappa shape index (κ1) is 20.2. The fraction of sp³-hybridized carbons (Fsp3) is 0.217. The van der Waals surface area contributed by atoms with E-state index in [1.54, 1.807) is 30.6 Å². The Kier molecular flexibility index (Phi) is 5.57. The Morgan fingerprint density at radius 2 is 2.00 bits per heavy atom. The van der Waals surface area contributed by atoms with Crippen LogP contribution in [0.15, 0.2) is 54.9 Å². The molecule has 0 amide bonds. The molecule has 1 aliphatic heterocycles. The van der Waals surface area contributed by atoms with Gasteiger partial charge in [0.05, 0.1) is 36.7 Å². The minimum atomic E-state index is -0.308. The van der Waals surface area contributed by atoms with Gasteiger partial charge in [0.1, 0.15) is 11.6 Å². The van der Waals surface area contributed by atoms with Gasteiger partial charge in [-0.05, 0) is 30.7 Å². The highest BCUT2D eigenvalue weighted by Crippen LogP contribution is 2.30. The predicted octanol–water partition coefficient (Wildman–Crippen LogP) is 4.02. The normalized spacial score (nSPS) is 16.1. The lowest BCUT2D eigenvalue weighted by molar-refractivity contribution is 0.0760. The van der Waals surface area contributed by atoms with E-state index < -0.39 is 0 Å². The second-order valence-corrected chi connectivity index (χ2v) is 7.53. The lowest BCUT2D eigenvalue weighted by atomic mass is 10.0. The summed E-state index contributed by atoms with van der Waals surface area (Å²) in [6, 6.07) is 12.4. The molecule has 8 nitrogen and oxygen atoms in total. The van der Waals surface area contributed by atoms with Crippen molar-refractivity contribution in [1.82, 2.24) is 25.5 Å². The Morgan fingerprint density at radius 3 is 2.88 bits per heavy atom. The van der Waals surface area contributed by atoms with Crippen LogP contribution in [0.25, 0.3) is 10.9 Å². The van der Waals surface area contributed by atoms with Crippen LogP contribution in [0.1, 0.15) is 17.2 Å². The maximum atomic E-state index is 14.7. The van der Waals surface area contributed by atoms with Gasteiger partial charge in [0, 0.05) is 29.4 Å². The molecule has 162 valence electrons. The van der Waals surface area contributed by atoms with Crippen LogP contribution in [0.5, 0.6) is 0 Å². The Bertz CT molecular complexity index is 1260. The summed E-state index contributed by atoms with van der Waals surface area (Å²) in [5.41, 5.74) is 3.77. The first-order chi connectivity index (χ1) is 15.7. The Balaban J connectivity index is 1.43. The lowest BCUT2D eigenvalue weighted by Gasteiger charge is -2.26. The SMILES string of the molecule is Cc1cccc2c(Nc3ccnc(Nc4cccc(F)c4C4COCCN4)n3)cnnc12. The van der Waals surface area contributed by atoms with Gasteiger partial charge in [-0.25, -0.2) is 9.37 Å². The molecule has 2 aromatic heterocycles. The fourth-order valence-corrected chi connectivity index (χ4v) is 3.82. The van der Waals surface area contributed by atoms with Crippen molar-refractivity contribution in [1.29, 1.82) is 0 Å². The van der Waals surface area contributed by atoms with Crippen LogP contribution in [0.4, 0.5) is 27.5 Å². The Labute approximate surface area is 184 Å². The zero-order valence-corrected chi connectivity index (χ0v) is 17.5. The summed E-state index contributed by atoms with van der Waals surface area (Å²) in [5, 5.41) is 19.0. The van der Waals surface area contributed by atoms with E-state index in [4.69, 9.17) is 4.74 Å². The summed E-state index contributed by atoms with van der Waals surface area (Å²) in [4.78, 5) is 8.86. The van der Waals surface area contributed by atoms with Crippen molar-refractivity contribution < 1.29 is 9.13 Å². The van der Waals surface area contributed by atoms with Gasteiger partial charge in [0.2, 0.25) is 5.95 Å². The number of morpholine rings is 1. The van der Waals surface area contributed by atoms with Crippen molar-refractivity contribution in [2.75, 3.05) is 30.4 Å². The molecule has 9 heteroatoms. The molecular weight excluding hydrogens is 409 g/mol. The zero-order valence-electron chi connectivity index (χ0n) is 17.5. The van der Waals surface area contributed by atoms with E-state index in [2.05, 4.69) is 36.1 Å². The summed E-state index contributed by atoms with van der Waals surface area (Å²) in [7, 11) is 0. The van der Waals surface area contributed by atoms with Crippen LogP contribution in [-0.4, -0.2) is 39.9 Å². The third-order valence-corrected chi connectivity index (χ3v) is 5.36. The van der Waals surface area contributed by atoms with Crippen molar-refractivity contribution in [3.05, 3.63) is 71.8 Å². The topological polar surface area (TPSA) is 96.9 Å². The van der Waals surface area contributed by atoms with Gasteiger partial charge >= 0.3 is 0 Å². The second kappa shape index (κ2) is 8.81. The van der Waals surface area contributed by atoms with Crippen molar-refractivity contribution in [3.63, 3.8) is 0 Å². The van der Waals surface area contributed by atoms with Crippen LogP contribution in [0, 0.1) is 12.7 Å². The molecule has 1 unspecified atom stereocenters.